The van der Waals surface area contributed by atoms with E-state index in [1.54, 1.807) is 12.0 Å². The summed E-state index contributed by atoms with van der Waals surface area (Å²) in [5.74, 6) is 2.32. The first-order valence-electron chi connectivity index (χ1n) is 3.96. The van der Waals surface area contributed by atoms with Crippen molar-refractivity contribution in [2.24, 2.45) is 0 Å². The number of hydrogen-bond acceptors (Lipinski definition) is 4. The first kappa shape index (κ1) is 12.3. The van der Waals surface area contributed by atoms with Crippen molar-refractivity contribution < 1.29 is 19.0 Å². The van der Waals surface area contributed by atoms with E-state index < -0.39 is 0 Å². The summed E-state index contributed by atoms with van der Waals surface area (Å²) in [4.78, 5) is 10.5. The van der Waals surface area contributed by atoms with E-state index in [2.05, 4.69) is 6.58 Å². The van der Waals surface area contributed by atoms with E-state index in [-0.39, 0.29) is 11.5 Å². The highest BCUT2D eigenvalue weighted by Crippen LogP contribution is 2.17. The maximum atomic E-state index is 10.5. The van der Waals surface area contributed by atoms with Crippen LogP contribution in [0.15, 0.2) is 29.9 Å². The van der Waals surface area contributed by atoms with Crippen LogP contribution in [0.4, 0.5) is 0 Å². The molecule has 4 nitrogen and oxygen atoms in total. The highest BCUT2D eigenvalue weighted by atomic mass is 16.5. The largest absolute Gasteiger partial charge is 0.497 e. The summed E-state index contributed by atoms with van der Waals surface area (Å²) in [6, 6.07) is 0. The van der Waals surface area contributed by atoms with E-state index in [0.29, 0.717) is 12.2 Å². The molecule has 0 N–H and O–H groups in total. The van der Waals surface area contributed by atoms with E-state index in [1.807, 2.05) is 0 Å². The molecule has 0 bridgehead atoms. The average molecular weight is 198 g/mol. The normalized spacial score (nSPS) is 10.8. The zero-order valence-corrected chi connectivity index (χ0v) is 8.62. The highest BCUT2D eigenvalue weighted by Gasteiger charge is 2.14. The maximum absolute atomic E-state index is 10.5. The molecule has 0 aromatic rings. The van der Waals surface area contributed by atoms with Crippen LogP contribution < -0.4 is 0 Å². The van der Waals surface area contributed by atoms with Gasteiger partial charge in [-0.25, -0.2) is 4.79 Å². The Morgan fingerprint density at radius 2 is 1.93 bits per heavy atom. The topological polar surface area (TPSA) is 44.8 Å². The molecule has 78 valence electrons. The molecule has 4 heteroatoms. The molecule has 0 amide bonds. The van der Waals surface area contributed by atoms with Gasteiger partial charge in [0.2, 0.25) is 11.5 Å². The number of ether oxygens (including phenoxy) is 3. The quantitative estimate of drug-likeness (QED) is 0.280. The Morgan fingerprint density at radius 1 is 1.29 bits per heavy atom. The zero-order valence-electron chi connectivity index (χ0n) is 8.62. The molecule has 0 fully saturated rings. The summed E-state index contributed by atoms with van der Waals surface area (Å²) in [6.07, 6.45) is 2.09. The van der Waals surface area contributed by atoms with Crippen molar-refractivity contribution in [2.45, 2.75) is 6.42 Å². The first-order chi connectivity index (χ1) is 6.74. The Morgan fingerprint density at radius 3 is 2.21 bits per heavy atom. The minimum Gasteiger partial charge on any atom is -0.497 e. The Balaban J connectivity index is 5.14. The molecule has 0 spiro atoms. The minimum atomic E-state index is -0.0220. The standard InChI is InChI=1S/C10H14O4/c1-5-6-8(12-2)10(14-4)9(7-11)13-3/h5H,1,6H2,2-4H3/b10-8-. The van der Waals surface area contributed by atoms with Crippen LogP contribution in [0, 0.1) is 0 Å². The lowest BCUT2D eigenvalue weighted by molar-refractivity contribution is 0.185. The number of hydrogen-bond donors (Lipinski definition) is 0. The first-order valence-corrected chi connectivity index (χ1v) is 3.96. The molecule has 0 aromatic heterocycles. The third-order valence-electron chi connectivity index (χ3n) is 1.54. The molecular formula is C10H14O4. The van der Waals surface area contributed by atoms with Crippen molar-refractivity contribution in [3.63, 3.8) is 0 Å². The molecule has 14 heavy (non-hydrogen) atoms. The fourth-order valence-corrected chi connectivity index (χ4v) is 0.914. The van der Waals surface area contributed by atoms with Crippen LogP contribution in [0.3, 0.4) is 0 Å². The van der Waals surface area contributed by atoms with E-state index >= 15 is 0 Å². The van der Waals surface area contributed by atoms with Crippen LogP contribution in [0.5, 0.6) is 0 Å². The predicted octanol–water partition coefficient (Wildman–Crippen LogP) is 1.43. The van der Waals surface area contributed by atoms with Gasteiger partial charge in [0.25, 0.3) is 0 Å². The maximum Gasteiger partial charge on any atom is 0.249 e. The van der Waals surface area contributed by atoms with E-state index in [9.17, 15) is 4.79 Å². The van der Waals surface area contributed by atoms with E-state index in [0.717, 1.165) is 0 Å². The lowest BCUT2D eigenvalue weighted by Crippen LogP contribution is -2.02. The fourth-order valence-electron chi connectivity index (χ4n) is 0.914. The Bertz CT molecular complexity index is 272. The van der Waals surface area contributed by atoms with Crippen molar-refractivity contribution in [1.82, 2.24) is 0 Å². The van der Waals surface area contributed by atoms with Gasteiger partial charge in [0.15, 0.2) is 5.94 Å². The molecule has 0 aromatic carbocycles. The van der Waals surface area contributed by atoms with Gasteiger partial charge in [-0.2, -0.15) is 0 Å². The second kappa shape index (κ2) is 6.80. The number of carbonyl (C=O) groups excluding carboxylic acids is 1. The van der Waals surface area contributed by atoms with Gasteiger partial charge in [0.1, 0.15) is 5.76 Å². The summed E-state index contributed by atoms with van der Waals surface area (Å²) >= 11 is 0. The fraction of sp³-hybridized carbons (Fsp3) is 0.400. The molecule has 0 saturated heterocycles. The summed E-state index contributed by atoms with van der Waals surface area (Å²) < 4.78 is 14.8. The van der Waals surface area contributed by atoms with Gasteiger partial charge in [-0.05, 0) is 0 Å². The SMILES string of the molecule is C=CC/C(OC)=C(/OC)C(=C=O)OC. The zero-order chi connectivity index (χ0) is 11.0. The number of methoxy groups -OCH3 is 3. The van der Waals surface area contributed by atoms with E-state index in [1.165, 1.54) is 21.3 Å². The molecule has 0 atom stereocenters. The molecule has 0 unspecified atom stereocenters. The van der Waals surface area contributed by atoms with Gasteiger partial charge >= 0.3 is 0 Å². The van der Waals surface area contributed by atoms with Crippen LogP contribution in [-0.4, -0.2) is 27.3 Å². The van der Waals surface area contributed by atoms with Gasteiger partial charge in [-0.1, -0.05) is 6.08 Å². The molecule has 0 aliphatic carbocycles. The molecule has 0 heterocycles. The molecule has 0 saturated carbocycles. The van der Waals surface area contributed by atoms with Gasteiger partial charge in [-0.15, -0.1) is 6.58 Å². The minimum absolute atomic E-state index is 0.0220. The summed E-state index contributed by atoms with van der Waals surface area (Å²) in [7, 11) is 4.27. The Hall–Kier alpha value is -1.67. The van der Waals surface area contributed by atoms with Gasteiger partial charge < -0.3 is 14.2 Å². The third-order valence-corrected chi connectivity index (χ3v) is 1.54. The van der Waals surface area contributed by atoms with Crippen molar-refractivity contribution in [2.75, 3.05) is 21.3 Å². The molecule has 0 radical (unpaired) electrons. The van der Waals surface area contributed by atoms with Crippen LogP contribution in [0.2, 0.25) is 0 Å². The van der Waals surface area contributed by atoms with Crippen molar-refractivity contribution in [1.29, 1.82) is 0 Å². The molecule has 0 rings (SSSR count). The van der Waals surface area contributed by atoms with Crippen LogP contribution in [0.25, 0.3) is 0 Å². The average Bonchev–Trinajstić information content (AvgIpc) is 2.23. The summed E-state index contributed by atoms with van der Waals surface area (Å²) in [6.45, 7) is 3.56. The Labute approximate surface area is 83.5 Å². The van der Waals surface area contributed by atoms with Crippen LogP contribution in [0.1, 0.15) is 6.42 Å². The molecule has 0 aliphatic rings. The molecular weight excluding hydrogens is 184 g/mol. The number of rotatable bonds is 6. The van der Waals surface area contributed by atoms with Gasteiger partial charge in [-0.3, -0.25) is 0 Å². The summed E-state index contributed by atoms with van der Waals surface area (Å²) in [5.41, 5.74) is 0. The van der Waals surface area contributed by atoms with Crippen LogP contribution >= 0.6 is 0 Å². The monoisotopic (exact) mass is 198 g/mol. The van der Waals surface area contributed by atoms with Crippen molar-refractivity contribution in [3.05, 3.63) is 29.9 Å². The smallest absolute Gasteiger partial charge is 0.249 e. The lowest BCUT2D eigenvalue weighted by Gasteiger charge is -2.11. The third kappa shape index (κ3) is 2.99. The summed E-state index contributed by atoms with van der Waals surface area (Å²) in [5, 5.41) is 0. The van der Waals surface area contributed by atoms with E-state index in [4.69, 9.17) is 14.2 Å². The number of allylic oxidation sites excluding steroid dienone is 1. The van der Waals surface area contributed by atoms with Gasteiger partial charge in [0, 0.05) is 6.42 Å². The van der Waals surface area contributed by atoms with Crippen LogP contribution in [-0.2, 0) is 19.0 Å². The van der Waals surface area contributed by atoms with Crippen molar-refractivity contribution in [3.8, 4) is 0 Å². The second-order valence-electron chi connectivity index (χ2n) is 2.29. The van der Waals surface area contributed by atoms with Gasteiger partial charge in [0.05, 0.1) is 21.3 Å². The lowest BCUT2D eigenvalue weighted by atomic mass is 10.3. The van der Waals surface area contributed by atoms with Crippen molar-refractivity contribution >= 4 is 5.94 Å². The molecule has 0 aliphatic heterocycles. The highest BCUT2D eigenvalue weighted by molar-refractivity contribution is 5.56. The second-order valence-corrected chi connectivity index (χ2v) is 2.29. The predicted molar refractivity (Wildman–Crippen MR) is 52.1 cm³/mol. The Kier molecular flexibility index (Phi) is 5.99.